The Morgan fingerprint density at radius 3 is 2.80 bits per heavy atom. The van der Waals surface area contributed by atoms with Crippen LogP contribution in [0, 0.1) is 5.82 Å². The summed E-state index contributed by atoms with van der Waals surface area (Å²) in [5.41, 5.74) is -0.525. The van der Waals surface area contributed by atoms with Crippen molar-refractivity contribution in [3.8, 4) is 0 Å². The van der Waals surface area contributed by atoms with Gasteiger partial charge in [-0.3, -0.25) is 4.79 Å². The summed E-state index contributed by atoms with van der Waals surface area (Å²) in [6.07, 6.45) is -3.42. The predicted octanol–water partition coefficient (Wildman–Crippen LogP) is 3.24. The van der Waals surface area contributed by atoms with E-state index in [0.717, 1.165) is 18.2 Å². The molecule has 1 aromatic heterocycles. The summed E-state index contributed by atoms with van der Waals surface area (Å²) in [5.74, 6) is -1.38. The van der Waals surface area contributed by atoms with Crippen molar-refractivity contribution in [1.29, 1.82) is 0 Å². The Morgan fingerprint density at radius 1 is 1.40 bits per heavy atom. The summed E-state index contributed by atoms with van der Waals surface area (Å²) < 4.78 is 60.0. The molecule has 0 fully saturated rings. The molecule has 0 radical (unpaired) electrons. The first kappa shape index (κ1) is 17.7. The zero-order chi connectivity index (χ0) is 18.2. The number of amides is 1. The summed E-state index contributed by atoms with van der Waals surface area (Å²) in [6, 6.07) is 0.232. The van der Waals surface area contributed by atoms with Crippen molar-refractivity contribution in [3.05, 3.63) is 52.3 Å². The molecule has 0 bridgehead atoms. The summed E-state index contributed by atoms with van der Waals surface area (Å²) >= 11 is 5.55. The number of rotatable bonds is 3. The molecule has 1 aromatic carbocycles. The van der Waals surface area contributed by atoms with Crippen LogP contribution in [0.15, 0.2) is 24.4 Å². The van der Waals surface area contributed by atoms with Gasteiger partial charge in [0.25, 0.3) is 5.91 Å². The molecule has 1 aliphatic heterocycles. The van der Waals surface area contributed by atoms with E-state index in [-0.39, 0.29) is 17.9 Å². The largest absolute Gasteiger partial charge is 0.412 e. The molecule has 0 aliphatic carbocycles. The molecule has 5 nitrogen and oxygen atoms in total. The normalized spacial score (nSPS) is 15.6. The predicted molar refractivity (Wildman–Crippen MR) is 79.6 cm³/mol. The maximum atomic E-state index is 13.3. The fourth-order valence-electron chi connectivity index (χ4n) is 2.45. The summed E-state index contributed by atoms with van der Waals surface area (Å²) in [4.78, 5) is 16.2. The Morgan fingerprint density at radius 2 is 2.16 bits per heavy atom. The van der Waals surface area contributed by atoms with Crippen LogP contribution in [0.5, 0.6) is 0 Å². The molecular weight excluding hydrogens is 366 g/mol. The van der Waals surface area contributed by atoms with Gasteiger partial charge in [-0.2, -0.15) is 13.2 Å². The number of halogens is 5. The Kier molecular flexibility index (Phi) is 4.70. The summed E-state index contributed by atoms with van der Waals surface area (Å²) in [5, 5.41) is 1.42. The number of fused-ring (bicyclic) bond motifs is 1. The molecule has 0 saturated carbocycles. The molecular formula is C15H12ClF4N3O2. The Hall–Kier alpha value is -2.13. The van der Waals surface area contributed by atoms with Gasteiger partial charge in [-0.05, 0) is 17.7 Å². The molecule has 134 valence electrons. The maximum absolute atomic E-state index is 13.3. The molecule has 1 N–H and O–H groups in total. The Balaban J connectivity index is 1.86. The average Bonchev–Trinajstić information content (AvgIpc) is 2.98. The van der Waals surface area contributed by atoms with E-state index in [2.05, 4.69) is 4.98 Å². The van der Waals surface area contributed by atoms with Gasteiger partial charge in [-0.25, -0.2) is 9.37 Å². The standard InChI is InChI=1S/C15H12ClF4N3O2/c16-9-5-8(1-2-10(9)17)13(15(18,19)20)22-14(24)11-6-23-3-4-25-7-12(23)21-11/h1-2,5-6,13H,3-4,7H2,(H,22,24). The number of alkyl halides is 3. The van der Waals surface area contributed by atoms with Crippen LogP contribution in [-0.4, -0.2) is 28.2 Å². The molecule has 1 atom stereocenters. The second-order valence-electron chi connectivity index (χ2n) is 5.41. The van der Waals surface area contributed by atoms with Gasteiger partial charge in [0.1, 0.15) is 23.9 Å². The molecule has 2 heterocycles. The molecule has 1 unspecified atom stereocenters. The van der Waals surface area contributed by atoms with Crippen LogP contribution in [0.2, 0.25) is 5.02 Å². The van der Waals surface area contributed by atoms with Crippen LogP contribution < -0.4 is 5.32 Å². The minimum atomic E-state index is -4.79. The van der Waals surface area contributed by atoms with E-state index < -0.39 is 29.0 Å². The van der Waals surface area contributed by atoms with Gasteiger partial charge >= 0.3 is 6.18 Å². The van der Waals surface area contributed by atoms with Gasteiger partial charge in [0.15, 0.2) is 6.04 Å². The number of aromatic nitrogens is 2. The van der Waals surface area contributed by atoms with Gasteiger partial charge in [0.2, 0.25) is 0 Å². The number of imidazole rings is 1. The van der Waals surface area contributed by atoms with E-state index in [1.165, 1.54) is 6.20 Å². The van der Waals surface area contributed by atoms with Crippen molar-refractivity contribution in [2.75, 3.05) is 6.61 Å². The lowest BCUT2D eigenvalue weighted by Gasteiger charge is -2.22. The van der Waals surface area contributed by atoms with Crippen molar-refractivity contribution in [2.24, 2.45) is 0 Å². The number of carbonyl (C=O) groups excluding carboxylic acids is 1. The zero-order valence-corrected chi connectivity index (χ0v) is 13.4. The molecule has 0 spiro atoms. The highest BCUT2D eigenvalue weighted by atomic mass is 35.5. The molecule has 25 heavy (non-hydrogen) atoms. The van der Waals surface area contributed by atoms with Crippen LogP contribution in [-0.2, 0) is 17.9 Å². The lowest BCUT2D eigenvalue weighted by atomic mass is 10.1. The summed E-state index contributed by atoms with van der Waals surface area (Å²) in [7, 11) is 0. The first-order valence-corrected chi connectivity index (χ1v) is 7.60. The van der Waals surface area contributed by atoms with Crippen molar-refractivity contribution >= 4 is 17.5 Å². The first-order valence-electron chi connectivity index (χ1n) is 7.22. The van der Waals surface area contributed by atoms with Crippen molar-refractivity contribution in [2.45, 2.75) is 25.4 Å². The van der Waals surface area contributed by atoms with E-state index in [1.54, 1.807) is 4.57 Å². The van der Waals surface area contributed by atoms with Crippen molar-refractivity contribution in [1.82, 2.24) is 14.9 Å². The fraction of sp³-hybridized carbons (Fsp3) is 0.333. The van der Waals surface area contributed by atoms with Crippen LogP contribution in [0.25, 0.3) is 0 Å². The minimum Gasteiger partial charge on any atom is -0.372 e. The number of benzene rings is 1. The first-order chi connectivity index (χ1) is 11.8. The molecule has 2 aromatic rings. The lowest BCUT2D eigenvalue weighted by Crippen LogP contribution is -2.38. The lowest BCUT2D eigenvalue weighted by molar-refractivity contribution is -0.155. The number of nitrogens with one attached hydrogen (secondary N) is 1. The zero-order valence-electron chi connectivity index (χ0n) is 12.6. The van der Waals surface area contributed by atoms with Crippen molar-refractivity contribution in [3.63, 3.8) is 0 Å². The van der Waals surface area contributed by atoms with Gasteiger partial charge in [0, 0.05) is 12.7 Å². The monoisotopic (exact) mass is 377 g/mol. The van der Waals surface area contributed by atoms with Crippen LogP contribution in [0.1, 0.15) is 27.9 Å². The highest BCUT2D eigenvalue weighted by Gasteiger charge is 2.42. The van der Waals surface area contributed by atoms with E-state index in [1.807, 2.05) is 5.32 Å². The molecule has 1 aliphatic rings. The van der Waals surface area contributed by atoms with E-state index in [0.29, 0.717) is 19.0 Å². The average molecular weight is 378 g/mol. The van der Waals surface area contributed by atoms with Crippen LogP contribution in [0.3, 0.4) is 0 Å². The SMILES string of the molecule is O=C(NC(c1ccc(F)c(Cl)c1)C(F)(F)F)c1cn2c(n1)COCC2. The minimum absolute atomic E-state index is 0.150. The van der Waals surface area contributed by atoms with E-state index in [9.17, 15) is 22.4 Å². The van der Waals surface area contributed by atoms with Crippen molar-refractivity contribution < 1.29 is 27.1 Å². The number of hydrogen-bond acceptors (Lipinski definition) is 3. The third-order valence-corrected chi connectivity index (χ3v) is 3.97. The Bertz CT molecular complexity index is 783. The molecule has 10 heteroatoms. The van der Waals surface area contributed by atoms with Gasteiger partial charge < -0.3 is 14.6 Å². The molecule has 0 saturated heterocycles. The summed E-state index contributed by atoms with van der Waals surface area (Å²) in [6.45, 7) is 1.08. The molecule has 3 rings (SSSR count). The number of hydrogen-bond donors (Lipinski definition) is 1. The second-order valence-corrected chi connectivity index (χ2v) is 5.82. The Labute approximate surface area is 144 Å². The van der Waals surface area contributed by atoms with Gasteiger partial charge in [-0.15, -0.1) is 0 Å². The quantitative estimate of drug-likeness (QED) is 0.835. The smallest absolute Gasteiger partial charge is 0.372 e. The van der Waals surface area contributed by atoms with Gasteiger partial charge in [-0.1, -0.05) is 17.7 Å². The van der Waals surface area contributed by atoms with E-state index in [4.69, 9.17) is 16.3 Å². The fourth-order valence-corrected chi connectivity index (χ4v) is 2.64. The second kappa shape index (κ2) is 6.64. The van der Waals surface area contributed by atoms with E-state index >= 15 is 0 Å². The topological polar surface area (TPSA) is 56.2 Å². The number of ether oxygens (including phenoxy) is 1. The third-order valence-electron chi connectivity index (χ3n) is 3.68. The maximum Gasteiger partial charge on any atom is 0.412 e. The van der Waals surface area contributed by atoms with Crippen LogP contribution >= 0.6 is 11.6 Å². The van der Waals surface area contributed by atoms with Gasteiger partial charge in [0.05, 0.1) is 11.6 Å². The third kappa shape index (κ3) is 3.77. The number of carbonyl (C=O) groups is 1. The molecule has 1 amide bonds. The van der Waals surface area contributed by atoms with Crippen LogP contribution in [0.4, 0.5) is 17.6 Å². The number of nitrogens with zero attached hydrogens (tertiary/aromatic N) is 2. The highest BCUT2D eigenvalue weighted by Crippen LogP contribution is 2.34. The highest BCUT2D eigenvalue weighted by molar-refractivity contribution is 6.30.